The van der Waals surface area contributed by atoms with Crippen LogP contribution in [-0.2, 0) is 16.8 Å². The molecule has 0 saturated carbocycles. The average Bonchev–Trinajstić information content (AvgIpc) is 3.07. The summed E-state index contributed by atoms with van der Waals surface area (Å²) in [6, 6.07) is 8.35. The molecule has 1 amide bonds. The number of nitrogens with zero attached hydrogens (tertiary/aromatic N) is 4. The van der Waals surface area contributed by atoms with Crippen molar-refractivity contribution in [1.82, 2.24) is 19.9 Å². The Balaban J connectivity index is 1.55. The van der Waals surface area contributed by atoms with Gasteiger partial charge in [0.25, 0.3) is 0 Å². The van der Waals surface area contributed by atoms with Crippen LogP contribution >= 0.6 is 0 Å². The molecule has 134 valence electrons. The number of hydrogen-bond donors (Lipinski definition) is 1. The smallest absolute Gasteiger partial charge is 0.226 e. The number of amides is 1. The predicted molar refractivity (Wildman–Crippen MR) is 95.0 cm³/mol. The van der Waals surface area contributed by atoms with E-state index >= 15 is 0 Å². The fraction of sp³-hybridized carbons (Fsp3) is 0.526. The summed E-state index contributed by atoms with van der Waals surface area (Å²) < 4.78 is 1.83. The fourth-order valence-electron chi connectivity index (χ4n) is 3.11. The number of carbonyl (C=O) groups is 1. The van der Waals surface area contributed by atoms with Gasteiger partial charge in [0.1, 0.15) is 11.3 Å². The Bertz CT molecular complexity index is 723. The second-order valence-corrected chi connectivity index (χ2v) is 7.42. The standard InChI is InChI=1S/C19H26N4O2/c1-14-4-6-15(7-5-14)12-18(24)22-10-8-16(9-11-22)23-13-17(20-21-23)19(2,3)25/h4-7,13,16,25H,8-12H2,1-3H3. The lowest BCUT2D eigenvalue weighted by Crippen LogP contribution is -2.40. The van der Waals surface area contributed by atoms with Crippen molar-refractivity contribution in [2.75, 3.05) is 13.1 Å². The van der Waals surface area contributed by atoms with Crippen molar-refractivity contribution in [2.45, 2.75) is 51.7 Å². The average molecular weight is 342 g/mol. The minimum atomic E-state index is -0.983. The number of carbonyl (C=O) groups excluding carboxylic acids is 1. The molecule has 25 heavy (non-hydrogen) atoms. The number of aromatic nitrogens is 3. The maximum absolute atomic E-state index is 12.5. The van der Waals surface area contributed by atoms with Gasteiger partial charge in [-0.2, -0.15) is 0 Å². The molecule has 0 radical (unpaired) electrons. The first-order valence-corrected chi connectivity index (χ1v) is 8.81. The summed E-state index contributed by atoms with van der Waals surface area (Å²) in [7, 11) is 0. The van der Waals surface area contributed by atoms with E-state index in [0.717, 1.165) is 31.5 Å². The Morgan fingerprint density at radius 2 is 1.88 bits per heavy atom. The molecule has 6 nitrogen and oxygen atoms in total. The molecule has 1 aliphatic heterocycles. The monoisotopic (exact) mass is 342 g/mol. The van der Waals surface area contributed by atoms with Gasteiger partial charge in [-0.15, -0.1) is 5.10 Å². The third-order valence-corrected chi connectivity index (χ3v) is 4.80. The molecule has 0 unspecified atom stereocenters. The van der Waals surface area contributed by atoms with Gasteiger partial charge in [-0.05, 0) is 39.2 Å². The number of benzene rings is 1. The minimum Gasteiger partial charge on any atom is -0.384 e. The van der Waals surface area contributed by atoms with Crippen LogP contribution in [0.25, 0.3) is 0 Å². The number of rotatable bonds is 4. The van der Waals surface area contributed by atoms with Gasteiger partial charge >= 0.3 is 0 Å². The van der Waals surface area contributed by atoms with Gasteiger partial charge < -0.3 is 10.0 Å². The molecular formula is C19H26N4O2. The van der Waals surface area contributed by atoms with Gasteiger partial charge in [0.2, 0.25) is 5.91 Å². The van der Waals surface area contributed by atoms with Crippen LogP contribution < -0.4 is 0 Å². The normalized spacial score (nSPS) is 16.2. The SMILES string of the molecule is Cc1ccc(CC(=O)N2CCC(n3cc(C(C)(C)O)nn3)CC2)cc1. The Morgan fingerprint density at radius 1 is 1.24 bits per heavy atom. The lowest BCUT2D eigenvalue weighted by atomic mass is 10.0. The van der Waals surface area contributed by atoms with Gasteiger partial charge in [0.15, 0.2) is 0 Å². The zero-order valence-electron chi connectivity index (χ0n) is 15.1. The van der Waals surface area contributed by atoms with Crippen molar-refractivity contribution in [3.05, 3.63) is 47.3 Å². The molecule has 3 rings (SSSR count). The first-order valence-electron chi connectivity index (χ1n) is 8.81. The summed E-state index contributed by atoms with van der Waals surface area (Å²) in [4.78, 5) is 14.4. The molecule has 2 aromatic rings. The van der Waals surface area contributed by atoms with E-state index in [4.69, 9.17) is 0 Å². The Kier molecular flexibility index (Phi) is 4.90. The Hall–Kier alpha value is -2.21. The summed E-state index contributed by atoms with van der Waals surface area (Å²) in [6.07, 6.45) is 3.98. The highest BCUT2D eigenvalue weighted by Gasteiger charge is 2.26. The summed E-state index contributed by atoms with van der Waals surface area (Å²) in [5.41, 5.74) is 1.85. The van der Waals surface area contributed by atoms with Crippen molar-refractivity contribution in [1.29, 1.82) is 0 Å². The summed E-state index contributed by atoms with van der Waals surface area (Å²) in [5.74, 6) is 0.179. The summed E-state index contributed by atoms with van der Waals surface area (Å²) in [5, 5.41) is 18.2. The molecule has 1 saturated heterocycles. The van der Waals surface area contributed by atoms with Gasteiger partial charge in [-0.25, -0.2) is 4.68 Å². The number of aliphatic hydroxyl groups is 1. The highest BCUT2D eigenvalue weighted by molar-refractivity contribution is 5.78. The van der Waals surface area contributed by atoms with E-state index in [1.54, 1.807) is 13.8 Å². The van der Waals surface area contributed by atoms with Crippen LogP contribution in [0.15, 0.2) is 30.5 Å². The molecule has 2 heterocycles. The molecule has 1 fully saturated rings. The van der Waals surface area contributed by atoms with Gasteiger partial charge in [0, 0.05) is 13.1 Å². The maximum atomic E-state index is 12.5. The van der Waals surface area contributed by atoms with E-state index < -0.39 is 5.60 Å². The molecular weight excluding hydrogens is 316 g/mol. The summed E-state index contributed by atoms with van der Waals surface area (Å²) >= 11 is 0. The van der Waals surface area contributed by atoms with Crippen LogP contribution in [-0.4, -0.2) is 44.0 Å². The largest absolute Gasteiger partial charge is 0.384 e. The molecule has 0 aliphatic carbocycles. The lowest BCUT2D eigenvalue weighted by molar-refractivity contribution is -0.131. The molecule has 1 aliphatic rings. The third kappa shape index (κ3) is 4.25. The molecule has 0 bridgehead atoms. The minimum absolute atomic E-state index is 0.179. The van der Waals surface area contributed by atoms with E-state index in [-0.39, 0.29) is 11.9 Å². The van der Waals surface area contributed by atoms with Crippen LogP contribution in [0.1, 0.15) is 49.6 Å². The van der Waals surface area contributed by atoms with Crippen molar-refractivity contribution >= 4 is 5.91 Å². The van der Waals surface area contributed by atoms with Gasteiger partial charge in [0.05, 0.1) is 18.7 Å². The van der Waals surface area contributed by atoms with E-state index in [2.05, 4.69) is 10.3 Å². The van der Waals surface area contributed by atoms with Crippen molar-refractivity contribution in [3.8, 4) is 0 Å². The van der Waals surface area contributed by atoms with Gasteiger partial charge in [-0.3, -0.25) is 4.79 Å². The second kappa shape index (κ2) is 6.96. The number of piperidine rings is 1. The molecule has 0 atom stereocenters. The van der Waals surface area contributed by atoms with E-state index in [1.165, 1.54) is 5.56 Å². The van der Waals surface area contributed by atoms with Crippen molar-refractivity contribution < 1.29 is 9.90 Å². The number of hydrogen-bond acceptors (Lipinski definition) is 4. The quantitative estimate of drug-likeness (QED) is 0.925. The third-order valence-electron chi connectivity index (χ3n) is 4.80. The highest BCUT2D eigenvalue weighted by Crippen LogP contribution is 2.24. The zero-order chi connectivity index (χ0) is 18.0. The van der Waals surface area contributed by atoms with Crippen molar-refractivity contribution in [3.63, 3.8) is 0 Å². The lowest BCUT2D eigenvalue weighted by Gasteiger charge is -2.32. The molecule has 1 N–H and O–H groups in total. The van der Waals surface area contributed by atoms with Gasteiger partial charge in [-0.1, -0.05) is 35.0 Å². The predicted octanol–water partition coefficient (Wildman–Crippen LogP) is 2.22. The molecule has 0 spiro atoms. The number of likely N-dealkylation sites (tertiary alicyclic amines) is 1. The Labute approximate surface area is 148 Å². The molecule has 1 aromatic carbocycles. The van der Waals surface area contributed by atoms with Crippen LogP contribution in [0.2, 0.25) is 0 Å². The van der Waals surface area contributed by atoms with Crippen molar-refractivity contribution in [2.24, 2.45) is 0 Å². The fourth-order valence-corrected chi connectivity index (χ4v) is 3.11. The van der Waals surface area contributed by atoms with E-state index in [9.17, 15) is 9.90 Å². The van der Waals surface area contributed by atoms with Crippen LogP contribution in [0.4, 0.5) is 0 Å². The zero-order valence-corrected chi connectivity index (χ0v) is 15.1. The maximum Gasteiger partial charge on any atom is 0.226 e. The first kappa shape index (κ1) is 17.6. The summed E-state index contributed by atoms with van der Waals surface area (Å²) in [6.45, 7) is 6.91. The van der Waals surface area contributed by atoms with Crippen LogP contribution in [0, 0.1) is 6.92 Å². The van der Waals surface area contributed by atoms with Crippen LogP contribution in [0.5, 0.6) is 0 Å². The Morgan fingerprint density at radius 3 is 2.44 bits per heavy atom. The number of aryl methyl sites for hydroxylation is 1. The van der Waals surface area contributed by atoms with Crippen LogP contribution in [0.3, 0.4) is 0 Å². The highest BCUT2D eigenvalue weighted by atomic mass is 16.3. The van der Waals surface area contributed by atoms with E-state index in [1.807, 2.05) is 47.0 Å². The van der Waals surface area contributed by atoms with E-state index in [0.29, 0.717) is 12.1 Å². The molecule has 1 aromatic heterocycles. The molecule has 6 heteroatoms. The topological polar surface area (TPSA) is 71.2 Å². The first-order chi connectivity index (χ1) is 11.8. The second-order valence-electron chi connectivity index (χ2n) is 7.42.